The molecule has 2 heterocycles. The van der Waals surface area contributed by atoms with E-state index in [9.17, 15) is 9.59 Å². The van der Waals surface area contributed by atoms with Gasteiger partial charge in [0.25, 0.3) is 5.91 Å². The molecule has 2 unspecified atom stereocenters. The average molecular weight is 348 g/mol. The van der Waals surface area contributed by atoms with Crippen molar-refractivity contribution >= 4 is 12.0 Å². The van der Waals surface area contributed by atoms with Gasteiger partial charge in [-0.25, -0.2) is 14.7 Å². The zero-order chi connectivity index (χ0) is 18.1. The molecule has 1 aromatic heterocycles. The Bertz CT molecular complexity index is 940. The zero-order valence-corrected chi connectivity index (χ0v) is 14.0. The summed E-state index contributed by atoms with van der Waals surface area (Å²) in [6.45, 7) is 1.78. The Kier molecular flexibility index (Phi) is 3.96. The number of H-pyrrole nitrogens is 1. The van der Waals surface area contributed by atoms with Crippen LogP contribution in [0.5, 0.6) is 0 Å². The van der Waals surface area contributed by atoms with Crippen molar-refractivity contribution in [3.8, 4) is 11.4 Å². The quantitative estimate of drug-likeness (QED) is 0.782. The molecule has 1 aliphatic rings. The molecule has 2 atom stereocenters. The predicted molar refractivity (Wildman–Crippen MR) is 92.7 cm³/mol. The summed E-state index contributed by atoms with van der Waals surface area (Å²) in [5.74, 6) is 0.200. The fraction of sp³-hybridized carbons (Fsp3) is 0.158. The van der Waals surface area contributed by atoms with Gasteiger partial charge in [-0.3, -0.25) is 9.89 Å². The lowest BCUT2D eigenvalue weighted by molar-refractivity contribution is -0.131. The van der Waals surface area contributed by atoms with E-state index in [2.05, 4.69) is 15.2 Å². The number of ether oxygens (including phenoxy) is 1. The van der Waals surface area contributed by atoms with Crippen LogP contribution in [0, 0.1) is 0 Å². The summed E-state index contributed by atoms with van der Waals surface area (Å²) in [4.78, 5) is 30.5. The van der Waals surface area contributed by atoms with Crippen molar-refractivity contribution in [2.24, 2.45) is 0 Å². The minimum atomic E-state index is -1.11. The van der Waals surface area contributed by atoms with E-state index in [0.717, 1.165) is 16.0 Å². The Balaban J connectivity index is 1.59. The molecular weight excluding hydrogens is 332 g/mol. The number of benzene rings is 2. The summed E-state index contributed by atoms with van der Waals surface area (Å²) in [5.41, 5.74) is 1.65. The molecule has 0 saturated carbocycles. The van der Waals surface area contributed by atoms with Crippen LogP contribution in [0.15, 0.2) is 60.7 Å². The normalized spacial score (nSPS) is 18.0. The predicted octanol–water partition coefficient (Wildman–Crippen LogP) is 3.25. The van der Waals surface area contributed by atoms with Gasteiger partial charge in [-0.1, -0.05) is 60.7 Å². The lowest BCUT2D eigenvalue weighted by Gasteiger charge is -2.20. The van der Waals surface area contributed by atoms with Gasteiger partial charge in [-0.15, -0.1) is 0 Å². The summed E-state index contributed by atoms with van der Waals surface area (Å²) >= 11 is 0. The molecule has 1 N–H and O–H groups in total. The van der Waals surface area contributed by atoms with Gasteiger partial charge in [0.1, 0.15) is 0 Å². The number of imide groups is 1. The van der Waals surface area contributed by atoms with Crippen LogP contribution in [0.3, 0.4) is 0 Å². The van der Waals surface area contributed by atoms with E-state index in [1.165, 1.54) is 0 Å². The fourth-order valence-electron chi connectivity index (χ4n) is 2.93. The van der Waals surface area contributed by atoms with Crippen molar-refractivity contribution in [1.82, 2.24) is 20.1 Å². The van der Waals surface area contributed by atoms with Gasteiger partial charge in [-0.2, -0.15) is 5.10 Å². The van der Waals surface area contributed by atoms with Crippen LogP contribution in [0.4, 0.5) is 4.79 Å². The third-order valence-electron chi connectivity index (χ3n) is 4.33. The zero-order valence-electron chi connectivity index (χ0n) is 14.0. The van der Waals surface area contributed by atoms with E-state index in [1.54, 1.807) is 6.92 Å². The first-order valence-corrected chi connectivity index (χ1v) is 8.21. The first-order valence-electron chi connectivity index (χ1n) is 8.21. The van der Waals surface area contributed by atoms with Crippen LogP contribution in [0.2, 0.25) is 0 Å². The highest BCUT2D eigenvalue weighted by atomic mass is 16.6. The Hall–Kier alpha value is -3.48. The number of nitrogens with zero attached hydrogens (tertiary/aromatic N) is 3. The van der Waals surface area contributed by atoms with Gasteiger partial charge in [-0.05, 0) is 12.5 Å². The Morgan fingerprint density at radius 3 is 2.38 bits per heavy atom. The maximum atomic E-state index is 12.8. The summed E-state index contributed by atoms with van der Waals surface area (Å²) in [7, 11) is 0. The van der Waals surface area contributed by atoms with E-state index in [-0.39, 0.29) is 5.82 Å². The molecular formula is C19H16N4O3. The molecule has 7 heteroatoms. The van der Waals surface area contributed by atoms with Crippen molar-refractivity contribution < 1.29 is 14.3 Å². The van der Waals surface area contributed by atoms with Crippen molar-refractivity contribution in [3.63, 3.8) is 0 Å². The van der Waals surface area contributed by atoms with Crippen LogP contribution in [-0.4, -0.2) is 32.1 Å². The summed E-state index contributed by atoms with van der Waals surface area (Å²) in [6.07, 6.45) is -1.80. The summed E-state index contributed by atoms with van der Waals surface area (Å²) < 4.78 is 5.27. The molecule has 1 fully saturated rings. The number of hydrogen-bond acceptors (Lipinski definition) is 5. The monoisotopic (exact) mass is 348 g/mol. The van der Waals surface area contributed by atoms with Crippen molar-refractivity contribution in [2.75, 3.05) is 0 Å². The number of carbonyl (C=O) groups excluding carboxylic acids is 2. The standard InChI is InChI=1S/C19H16N4O3/c1-12(13-8-4-2-5-9-13)23-18(24)15(26-19(23)25)17-20-16(21-22-17)14-10-6-3-7-11-14/h2-12,15H,1H3,(H,20,21,22). The van der Waals surface area contributed by atoms with Crippen molar-refractivity contribution in [2.45, 2.75) is 19.1 Å². The van der Waals surface area contributed by atoms with Crippen LogP contribution < -0.4 is 0 Å². The van der Waals surface area contributed by atoms with Crippen LogP contribution in [-0.2, 0) is 9.53 Å². The number of cyclic esters (lactones) is 1. The van der Waals surface area contributed by atoms with Gasteiger partial charge in [0.2, 0.25) is 6.10 Å². The topological polar surface area (TPSA) is 88.2 Å². The highest BCUT2D eigenvalue weighted by molar-refractivity contribution is 6.00. The molecule has 0 radical (unpaired) electrons. The number of rotatable bonds is 4. The molecule has 4 rings (SSSR count). The first-order chi connectivity index (χ1) is 12.6. The Labute approximate surface area is 149 Å². The van der Waals surface area contributed by atoms with Crippen molar-refractivity contribution in [1.29, 1.82) is 0 Å². The Morgan fingerprint density at radius 1 is 1.04 bits per heavy atom. The highest BCUT2D eigenvalue weighted by Crippen LogP contribution is 2.33. The maximum absolute atomic E-state index is 12.8. The van der Waals surface area contributed by atoms with Gasteiger partial charge in [0.15, 0.2) is 11.6 Å². The summed E-state index contributed by atoms with van der Waals surface area (Å²) in [6, 6.07) is 18.2. The molecule has 130 valence electrons. The molecule has 3 aromatic rings. The van der Waals surface area contributed by atoms with Gasteiger partial charge < -0.3 is 4.74 Å². The lowest BCUT2D eigenvalue weighted by Crippen LogP contribution is -2.32. The molecule has 1 saturated heterocycles. The largest absolute Gasteiger partial charge is 0.427 e. The highest BCUT2D eigenvalue weighted by Gasteiger charge is 2.46. The number of aromatic nitrogens is 3. The van der Waals surface area contributed by atoms with Gasteiger partial charge in [0.05, 0.1) is 6.04 Å². The van der Waals surface area contributed by atoms with E-state index < -0.39 is 24.1 Å². The number of amides is 2. The average Bonchev–Trinajstić information content (AvgIpc) is 3.27. The molecule has 1 aliphatic heterocycles. The maximum Gasteiger partial charge on any atom is 0.418 e. The smallest absolute Gasteiger partial charge is 0.418 e. The molecule has 26 heavy (non-hydrogen) atoms. The molecule has 7 nitrogen and oxygen atoms in total. The molecule has 2 amide bonds. The van der Waals surface area contributed by atoms with Crippen LogP contribution >= 0.6 is 0 Å². The molecule has 0 spiro atoms. The van der Waals surface area contributed by atoms with E-state index in [0.29, 0.717) is 5.82 Å². The molecule has 2 aromatic carbocycles. The van der Waals surface area contributed by atoms with E-state index >= 15 is 0 Å². The first kappa shape index (κ1) is 16.0. The lowest BCUT2D eigenvalue weighted by atomic mass is 10.1. The van der Waals surface area contributed by atoms with E-state index in [4.69, 9.17) is 4.74 Å². The summed E-state index contributed by atoms with van der Waals surface area (Å²) in [5, 5.41) is 6.83. The van der Waals surface area contributed by atoms with Gasteiger partial charge >= 0.3 is 6.09 Å². The van der Waals surface area contributed by atoms with Crippen molar-refractivity contribution in [3.05, 3.63) is 72.1 Å². The second-order valence-electron chi connectivity index (χ2n) is 5.97. The van der Waals surface area contributed by atoms with Gasteiger partial charge in [0, 0.05) is 5.56 Å². The fourth-order valence-corrected chi connectivity index (χ4v) is 2.93. The van der Waals surface area contributed by atoms with Crippen LogP contribution in [0.25, 0.3) is 11.4 Å². The second-order valence-corrected chi connectivity index (χ2v) is 5.97. The number of aromatic amines is 1. The molecule has 0 bridgehead atoms. The molecule has 0 aliphatic carbocycles. The number of hydrogen-bond donors (Lipinski definition) is 1. The number of carbonyl (C=O) groups is 2. The minimum absolute atomic E-state index is 0.213. The second kappa shape index (κ2) is 6.44. The number of nitrogens with one attached hydrogen (secondary N) is 1. The third kappa shape index (κ3) is 2.73. The van der Waals surface area contributed by atoms with Crippen LogP contribution in [0.1, 0.15) is 30.5 Å². The van der Waals surface area contributed by atoms with E-state index in [1.807, 2.05) is 60.7 Å². The minimum Gasteiger partial charge on any atom is -0.427 e. The Morgan fingerprint density at radius 2 is 1.69 bits per heavy atom. The SMILES string of the molecule is CC(c1ccccc1)N1C(=O)OC(c2nc(-c3ccccc3)n[nH]2)C1=O. The third-order valence-corrected chi connectivity index (χ3v) is 4.33.